The molecule has 1 aliphatic rings. The van der Waals surface area contributed by atoms with Crippen LogP contribution < -0.4 is 14.4 Å². The van der Waals surface area contributed by atoms with Crippen LogP contribution in [-0.2, 0) is 9.59 Å². The van der Waals surface area contributed by atoms with Gasteiger partial charge in [0.15, 0.2) is 5.13 Å². The molecule has 9 heteroatoms. The molecule has 0 saturated carbocycles. The van der Waals surface area contributed by atoms with Crippen molar-refractivity contribution < 1.29 is 24.2 Å². The summed E-state index contributed by atoms with van der Waals surface area (Å²) in [5.41, 5.74) is 1.67. The van der Waals surface area contributed by atoms with Crippen LogP contribution in [-0.4, -0.2) is 35.5 Å². The van der Waals surface area contributed by atoms with Gasteiger partial charge in [0.1, 0.15) is 17.3 Å². The zero-order valence-electron chi connectivity index (χ0n) is 20.8. The van der Waals surface area contributed by atoms with E-state index in [0.717, 1.165) is 17.5 Å². The first-order valence-electron chi connectivity index (χ1n) is 12.2. The Balaban J connectivity index is 1.63. The van der Waals surface area contributed by atoms with E-state index in [9.17, 15) is 14.7 Å². The number of aromatic nitrogens is 1. The number of hydrogen-bond acceptors (Lipinski definition) is 7. The lowest BCUT2D eigenvalue weighted by Gasteiger charge is -2.23. The van der Waals surface area contributed by atoms with Crippen molar-refractivity contribution >= 4 is 55.7 Å². The Bertz CT molecular complexity index is 1530. The van der Waals surface area contributed by atoms with Gasteiger partial charge in [-0.15, -0.1) is 0 Å². The minimum Gasteiger partial charge on any atom is -0.507 e. The number of rotatable bonds is 8. The minimum atomic E-state index is -0.891. The molecule has 2 heterocycles. The molecule has 7 nitrogen and oxygen atoms in total. The van der Waals surface area contributed by atoms with Gasteiger partial charge in [0.2, 0.25) is 0 Å². The Morgan fingerprint density at radius 2 is 1.76 bits per heavy atom. The molecule has 1 N–H and O–H groups in total. The maximum atomic E-state index is 13.4. The third kappa shape index (κ3) is 4.85. The number of amides is 1. The number of carbonyl (C=O) groups is 2. The van der Waals surface area contributed by atoms with E-state index in [1.54, 1.807) is 73.8 Å². The highest BCUT2D eigenvalue weighted by atomic mass is 35.5. The molecule has 0 spiro atoms. The molecule has 38 heavy (non-hydrogen) atoms. The number of ether oxygens (including phenoxy) is 2. The van der Waals surface area contributed by atoms with Crippen LogP contribution in [0.1, 0.15) is 36.9 Å². The molecular weight excluding hydrogens is 524 g/mol. The van der Waals surface area contributed by atoms with E-state index in [0.29, 0.717) is 44.9 Å². The lowest BCUT2D eigenvalue weighted by molar-refractivity contribution is -0.132. The number of hydrogen-bond donors (Lipinski definition) is 1. The molecule has 1 aliphatic heterocycles. The lowest BCUT2D eigenvalue weighted by Crippen LogP contribution is -2.29. The van der Waals surface area contributed by atoms with E-state index in [-0.39, 0.29) is 11.3 Å². The predicted molar refractivity (Wildman–Crippen MR) is 149 cm³/mol. The Labute approximate surface area is 228 Å². The molecule has 0 radical (unpaired) electrons. The molecule has 1 amide bonds. The Morgan fingerprint density at radius 3 is 2.45 bits per heavy atom. The third-order valence-corrected chi connectivity index (χ3v) is 7.57. The second-order valence-electron chi connectivity index (χ2n) is 8.78. The summed E-state index contributed by atoms with van der Waals surface area (Å²) >= 11 is 7.42. The van der Waals surface area contributed by atoms with Crippen LogP contribution in [0, 0.1) is 0 Å². The zero-order chi connectivity index (χ0) is 26.8. The van der Waals surface area contributed by atoms with Crippen molar-refractivity contribution in [2.45, 2.75) is 25.8 Å². The number of methoxy groups -OCH3 is 1. The number of nitrogens with zero attached hydrogens (tertiary/aromatic N) is 2. The van der Waals surface area contributed by atoms with Gasteiger partial charge in [0.05, 0.1) is 35.5 Å². The first-order valence-corrected chi connectivity index (χ1v) is 13.3. The molecule has 1 aromatic heterocycles. The maximum Gasteiger partial charge on any atom is 0.301 e. The van der Waals surface area contributed by atoms with Crippen LogP contribution >= 0.6 is 22.9 Å². The molecule has 1 atom stereocenters. The topological polar surface area (TPSA) is 89.0 Å². The smallest absolute Gasteiger partial charge is 0.301 e. The molecule has 3 aromatic carbocycles. The number of Topliss-reactive ketones (excluding diaryl/α,β-unsaturated/α-hetero) is 1. The fourth-order valence-corrected chi connectivity index (χ4v) is 5.59. The number of ketones is 1. The molecule has 194 valence electrons. The molecule has 1 saturated heterocycles. The molecule has 4 aromatic rings. The predicted octanol–water partition coefficient (Wildman–Crippen LogP) is 6.76. The SMILES string of the molecule is CCCCOc1ccc(C2C(=C(O)c3ccc(OC)cc3)C(=O)C(=O)N2c2nc3ccc(Cl)cc3s2)cc1. The van der Waals surface area contributed by atoms with Crippen molar-refractivity contribution in [3.63, 3.8) is 0 Å². The van der Waals surface area contributed by atoms with Crippen molar-refractivity contribution in [2.75, 3.05) is 18.6 Å². The van der Waals surface area contributed by atoms with Crippen molar-refractivity contribution in [3.05, 3.63) is 88.5 Å². The van der Waals surface area contributed by atoms with Gasteiger partial charge in [-0.2, -0.15) is 0 Å². The van der Waals surface area contributed by atoms with E-state index < -0.39 is 17.7 Å². The van der Waals surface area contributed by atoms with Gasteiger partial charge < -0.3 is 14.6 Å². The standard InChI is InChI=1S/C29H25ClN2O5S/c1-3-4-15-37-21-12-5-17(6-13-21)25-24(26(33)18-7-10-20(36-2)11-8-18)27(34)28(35)32(25)29-31-22-14-9-19(30)16-23(22)38-29/h5-14,16,25,33H,3-4,15H2,1-2H3. The summed E-state index contributed by atoms with van der Waals surface area (Å²) in [4.78, 5) is 32.8. The second-order valence-corrected chi connectivity index (χ2v) is 10.2. The number of halogens is 1. The average molecular weight is 549 g/mol. The number of carbonyl (C=O) groups excluding carboxylic acids is 2. The third-order valence-electron chi connectivity index (χ3n) is 6.32. The molecular formula is C29H25ClN2O5S. The number of thiazole rings is 1. The van der Waals surface area contributed by atoms with Gasteiger partial charge in [0, 0.05) is 10.6 Å². The Morgan fingerprint density at radius 1 is 1.05 bits per heavy atom. The van der Waals surface area contributed by atoms with Crippen molar-refractivity contribution in [3.8, 4) is 11.5 Å². The molecule has 0 bridgehead atoms. The Hall–Kier alpha value is -3.88. The fourth-order valence-electron chi connectivity index (χ4n) is 4.32. The van der Waals surface area contributed by atoms with Crippen molar-refractivity contribution in [2.24, 2.45) is 0 Å². The maximum absolute atomic E-state index is 13.4. The number of fused-ring (bicyclic) bond motifs is 1. The van der Waals surface area contributed by atoms with Crippen LogP contribution in [0.4, 0.5) is 5.13 Å². The lowest BCUT2D eigenvalue weighted by atomic mass is 9.95. The van der Waals surface area contributed by atoms with Crippen LogP contribution in [0.3, 0.4) is 0 Å². The average Bonchev–Trinajstić information content (AvgIpc) is 3.46. The van der Waals surface area contributed by atoms with E-state index in [1.165, 1.54) is 16.2 Å². The summed E-state index contributed by atoms with van der Waals surface area (Å²) < 4.78 is 11.8. The zero-order valence-corrected chi connectivity index (χ0v) is 22.4. The summed E-state index contributed by atoms with van der Waals surface area (Å²) in [6, 6.07) is 18.2. The van der Waals surface area contributed by atoms with Gasteiger partial charge in [-0.05, 0) is 66.6 Å². The van der Waals surface area contributed by atoms with Crippen LogP contribution in [0.2, 0.25) is 5.02 Å². The van der Waals surface area contributed by atoms with Crippen LogP contribution in [0.25, 0.3) is 16.0 Å². The van der Waals surface area contributed by atoms with E-state index >= 15 is 0 Å². The number of aliphatic hydroxyl groups is 1. The number of anilines is 1. The summed E-state index contributed by atoms with van der Waals surface area (Å²) in [5, 5.41) is 12.2. The molecule has 1 unspecified atom stereocenters. The minimum absolute atomic E-state index is 0.0166. The van der Waals surface area contributed by atoms with E-state index in [1.807, 2.05) is 0 Å². The summed E-state index contributed by atoms with van der Waals surface area (Å²) in [7, 11) is 1.54. The second kappa shape index (κ2) is 10.8. The van der Waals surface area contributed by atoms with Gasteiger partial charge in [-0.1, -0.05) is 48.4 Å². The number of unbranched alkanes of at least 4 members (excludes halogenated alkanes) is 1. The highest BCUT2D eigenvalue weighted by molar-refractivity contribution is 7.22. The van der Waals surface area contributed by atoms with Gasteiger partial charge in [-0.25, -0.2) is 4.98 Å². The molecule has 1 fully saturated rings. The Kier molecular flexibility index (Phi) is 7.35. The summed E-state index contributed by atoms with van der Waals surface area (Å²) in [5.74, 6) is -0.539. The number of aliphatic hydroxyl groups excluding tert-OH is 1. The van der Waals surface area contributed by atoms with Crippen LogP contribution in [0.15, 0.2) is 72.3 Å². The largest absolute Gasteiger partial charge is 0.507 e. The molecule has 5 rings (SSSR count). The van der Waals surface area contributed by atoms with Gasteiger partial charge in [-0.3, -0.25) is 14.5 Å². The summed E-state index contributed by atoms with van der Waals surface area (Å²) in [6.45, 7) is 2.69. The van der Waals surface area contributed by atoms with Crippen molar-refractivity contribution in [1.82, 2.24) is 4.98 Å². The first kappa shape index (κ1) is 25.8. The monoisotopic (exact) mass is 548 g/mol. The highest BCUT2D eigenvalue weighted by Gasteiger charge is 2.48. The van der Waals surface area contributed by atoms with Gasteiger partial charge >= 0.3 is 5.91 Å². The first-order chi connectivity index (χ1) is 18.4. The van der Waals surface area contributed by atoms with E-state index in [2.05, 4.69) is 11.9 Å². The fraction of sp³-hybridized carbons (Fsp3) is 0.207. The quantitative estimate of drug-likeness (QED) is 0.113. The van der Waals surface area contributed by atoms with Crippen molar-refractivity contribution in [1.29, 1.82) is 0 Å². The van der Waals surface area contributed by atoms with E-state index in [4.69, 9.17) is 21.1 Å². The van der Waals surface area contributed by atoms with Gasteiger partial charge in [0.25, 0.3) is 5.78 Å². The molecule has 0 aliphatic carbocycles. The number of benzene rings is 3. The van der Waals surface area contributed by atoms with Crippen LogP contribution in [0.5, 0.6) is 11.5 Å². The normalized spacial score (nSPS) is 16.8. The summed E-state index contributed by atoms with van der Waals surface area (Å²) in [6.07, 6.45) is 1.96. The highest BCUT2D eigenvalue weighted by Crippen LogP contribution is 2.44.